The van der Waals surface area contributed by atoms with E-state index in [0.717, 1.165) is 28.6 Å². The zero-order valence-corrected chi connectivity index (χ0v) is 15.4. The molecule has 1 atom stereocenters. The SMILES string of the molecule is CC1c2cc(F)ccc2-c2ccc(F)cc2N1S(=O)(=O)c1ccc(O)cc1O. The Morgan fingerprint density at radius 3 is 2.21 bits per heavy atom. The first-order valence-corrected chi connectivity index (χ1v) is 9.80. The Kier molecular flexibility index (Phi) is 4.04. The smallest absolute Gasteiger partial charge is 0.268 e. The molecule has 0 saturated carbocycles. The standard InChI is InChI=1S/C20H15F2NO4S/c1-11-17-8-12(21)2-5-15(17)16-6-3-13(22)9-18(16)23(11)28(26,27)20-7-4-14(24)10-19(20)25/h2-11,24-25H,1H3. The summed E-state index contributed by atoms with van der Waals surface area (Å²) in [6, 6.07) is 9.98. The van der Waals surface area contributed by atoms with E-state index in [2.05, 4.69) is 0 Å². The highest BCUT2D eigenvalue weighted by atomic mass is 32.2. The van der Waals surface area contributed by atoms with Gasteiger partial charge in [0.05, 0.1) is 11.7 Å². The Bertz CT molecular complexity index is 1210. The largest absolute Gasteiger partial charge is 0.508 e. The first kappa shape index (κ1) is 18.2. The van der Waals surface area contributed by atoms with E-state index < -0.39 is 38.3 Å². The summed E-state index contributed by atoms with van der Waals surface area (Å²) >= 11 is 0. The van der Waals surface area contributed by atoms with Gasteiger partial charge in [0, 0.05) is 11.6 Å². The number of phenolic OH excluding ortho intramolecular Hbond substituents is 2. The summed E-state index contributed by atoms with van der Waals surface area (Å²) in [4.78, 5) is -0.452. The van der Waals surface area contributed by atoms with Gasteiger partial charge in [-0.1, -0.05) is 6.07 Å². The molecule has 0 bridgehead atoms. The zero-order chi connectivity index (χ0) is 20.2. The molecule has 1 unspecified atom stereocenters. The van der Waals surface area contributed by atoms with Gasteiger partial charge in [0.1, 0.15) is 28.0 Å². The van der Waals surface area contributed by atoms with Crippen LogP contribution < -0.4 is 4.31 Å². The lowest BCUT2D eigenvalue weighted by atomic mass is 9.90. The fourth-order valence-corrected chi connectivity index (χ4v) is 5.26. The zero-order valence-electron chi connectivity index (χ0n) is 14.6. The number of aromatic hydroxyl groups is 2. The van der Waals surface area contributed by atoms with Crippen LogP contribution in [0, 0.1) is 11.6 Å². The van der Waals surface area contributed by atoms with Gasteiger partial charge in [-0.25, -0.2) is 17.2 Å². The molecule has 3 aromatic rings. The van der Waals surface area contributed by atoms with Gasteiger partial charge in [-0.05, 0) is 60.5 Å². The lowest BCUT2D eigenvalue weighted by Gasteiger charge is -2.37. The number of hydrogen-bond donors (Lipinski definition) is 2. The highest BCUT2D eigenvalue weighted by Gasteiger charge is 2.38. The number of phenols is 2. The van der Waals surface area contributed by atoms with Gasteiger partial charge in [-0.3, -0.25) is 4.31 Å². The van der Waals surface area contributed by atoms with Crippen LogP contribution in [-0.4, -0.2) is 18.6 Å². The predicted octanol–water partition coefficient (Wildman–Crippen LogP) is 4.31. The van der Waals surface area contributed by atoms with Gasteiger partial charge in [-0.2, -0.15) is 0 Å². The lowest BCUT2D eigenvalue weighted by molar-refractivity contribution is 0.439. The summed E-state index contributed by atoms with van der Waals surface area (Å²) in [6.07, 6.45) is 0. The number of hydrogen-bond acceptors (Lipinski definition) is 4. The monoisotopic (exact) mass is 403 g/mol. The van der Waals surface area contributed by atoms with E-state index in [-0.39, 0.29) is 11.4 Å². The molecule has 1 aliphatic heterocycles. The van der Waals surface area contributed by atoms with Crippen LogP contribution in [0.1, 0.15) is 18.5 Å². The van der Waals surface area contributed by atoms with Crippen molar-refractivity contribution in [2.45, 2.75) is 17.9 Å². The normalized spacial score (nSPS) is 15.8. The Morgan fingerprint density at radius 2 is 1.54 bits per heavy atom. The Labute approximate surface area is 160 Å². The molecule has 144 valence electrons. The maximum Gasteiger partial charge on any atom is 0.268 e. The minimum Gasteiger partial charge on any atom is -0.508 e. The van der Waals surface area contributed by atoms with Crippen molar-refractivity contribution in [2.24, 2.45) is 0 Å². The van der Waals surface area contributed by atoms with Crippen LogP contribution in [0.3, 0.4) is 0 Å². The second kappa shape index (κ2) is 6.20. The maximum absolute atomic E-state index is 14.0. The minimum atomic E-state index is -4.36. The van der Waals surface area contributed by atoms with E-state index in [9.17, 15) is 27.4 Å². The van der Waals surface area contributed by atoms with E-state index >= 15 is 0 Å². The Balaban J connectivity index is 2.00. The molecular formula is C20H15F2NO4S. The van der Waals surface area contributed by atoms with Crippen LogP contribution in [0.5, 0.6) is 11.5 Å². The molecule has 4 rings (SSSR count). The molecule has 0 spiro atoms. The molecule has 0 aromatic heterocycles. The second-order valence-electron chi connectivity index (χ2n) is 6.52. The van der Waals surface area contributed by atoms with Crippen molar-refractivity contribution >= 4 is 15.7 Å². The molecular weight excluding hydrogens is 388 g/mol. The van der Waals surface area contributed by atoms with Crippen LogP contribution in [0.25, 0.3) is 11.1 Å². The van der Waals surface area contributed by atoms with E-state index in [4.69, 9.17) is 0 Å². The maximum atomic E-state index is 14.0. The van der Waals surface area contributed by atoms with Crippen LogP contribution >= 0.6 is 0 Å². The van der Waals surface area contributed by atoms with Crippen LogP contribution in [0.2, 0.25) is 0 Å². The third-order valence-corrected chi connectivity index (χ3v) is 6.71. The summed E-state index contributed by atoms with van der Waals surface area (Å²) in [5.74, 6) is -2.11. The van der Waals surface area contributed by atoms with E-state index in [0.29, 0.717) is 16.7 Å². The van der Waals surface area contributed by atoms with Gasteiger partial charge >= 0.3 is 0 Å². The Hall–Kier alpha value is -3.13. The topological polar surface area (TPSA) is 77.8 Å². The van der Waals surface area contributed by atoms with Crippen LogP contribution in [0.15, 0.2) is 59.5 Å². The number of nitrogens with zero attached hydrogens (tertiary/aromatic N) is 1. The quantitative estimate of drug-likeness (QED) is 0.668. The third-order valence-electron chi connectivity index (χ3n) is 4.78. The molecule has 1 aliphatic rings. The highest BCUT2D eigenvalue weighted by molar-refractivity contribution is 7.93. The predicted molar refractivity (Wildman–Crippen MR) is 99.6 cm³/mol. The van der Waals surface area contributed by atoms with Crippen molar-refractivity contribution < 1.29 is 27.4 Å². The summed E-state index contributed by atoms with van der Waals surface area (Å²) in [6.45, 7) is 1.56. The van der Waals surface area contributed by atoms with Crippen molar-refractivity contribution in [1.82, 2.24) is 0 Å². The van der Waals surface area contributed by atoms with Crippen LogP contribution in [-0.2, 0) is 10.0 Å². The number of benzene rings is 3. The molecule has 0 radical (unpaired) electrons. The highest BCUT2D eigenvalue weighted by Crippen LogP contribution is 2.48. The minimum absolute atomic E-state index is 0.0825. The molecule has 3 aromatic carbocycles. The molecule has 0 amide bonds. The van der Waals surface area contributed by atoms with Gasteiger partial charge in [0.2, 0.25) is 0 Å². The van der Waals surface area contributed by atoms with Gasteiger partial charge < -0.3 is 10.2 Å². The molecule has 2 N–H and O–H groups in total. The van der Waals surface area contributed by atoms with Crippen molar-refractivity contribution in [3.05, 3.63) is 71.8 Å². The second-order valence-corrected chi connectivity index (χ2v) is 8.31. The van der Waals surface area contributed by atoms with E-state index in [1.165, 1.54) is 30.3 Å². The molecule has 0 fully saturated rings. The summed E-state index contributed by atoms with van der Waals surface area (Å²) in [7, 11) is -4.36. The Morgan fingerprint density at radius 1 is 0.893 bits per heavy atom. The molecule has 8 heteroatoms. The summed E-state index contributed by atoms with van der Waals surface area (Å²) in [5, 5.41) is 19.5. The lowest BCUT2D eigenvalue weighted by Crippen LogP contribution is -2.36. The average molecular weight is 403 g/mol. The van der Waals surface area contributed by atoms with Crippen molar-refractivity contribution in [3.8, 4) is 22.6 Å². The molecule has 1 heterocycles. The number of fused-ring (bicyclic) bond motifs is 3. The van der Waals surface area contributed by atoms with Crippen molar-refractivity contribution in [3.63, 3.8) is 0 Å². The van der Waals surface area contributed by atoms with Gasteiger partial charge in [0.15, 0.2) is 0 Å². The van der Waals surface area contributed by atoms with Crippen LogP contribution in [0.4, 0.5) is 14.5 Å². The molecule has 5 nitrogen and oxygen atoms in total. The van der Waals surface area contributed by atoms with Gasteiger partial charge in [-0.15, -0.1) is 0 Å². The van der Waals surface area contributed by atoms with Gasteiger partial charge in [0.25, 0.3) is 10.0 Å². The average Bonchev–Trinajstić information content (AvgIpc) is 2.61. The number of sulfonamides is 1. The first-order chi connectivity index (χ1) is 13.2. The molecule has 28 heavy (non-hydrogen) atoms. The fraction of sp³-hybridized carbons (Fsp3) is 0.100. The molecule has 0 saturated heterocycles. The van der Waals surface area contributed by atoms with E-state index in [1.54, 1.807) is 6.92 Å². The summed E-state index contributed by atoms with van der Waals surface area (Å²) < 4.78 is 55.6. The first-order valence-electron chi connectivity index (χ1n) is 8.36. The third kappa shape index (κ3) is 2.68. The number of rotatable bonds is 2. The van der Waals surface area contributed by atoms with E-state index in [1.807, 2.05) is 0 Å². The molecule has 0 aliphatic carbocycles. The number of halogens is 2. The van der Waals surface area contributed by atoms with Crippen molar-refractivity contribution in [1.29, 1.82) is 0 Å². The number of anilines is 1. The fourth-order valence-electron chi connectivity index (χ4n) is 3.54. The van der Waals surface area contributed by atoms with Crippen molar-refractivity contribution in [2.75, 3.05) is 4.31 Å². The summed E-state index contributed by atoms with van der Waals surface area (Å²) in [5.41, 5.74) is 1.53.